The second-order valence-electron chi connectivity index (χ2n) is 6.49. The Labute approximate surface area is 146 Å². The van der Waals surface area contributed by atoms with Crippen LogP contribution in [0.1, 0.15) is 24.0 Å². The van der Waals surface area contributed by atoms with Crippen LogP contribution in [0.3, 0.4) is 0 Å². The number of carbonyl (C=O) groups excluding carboxylic acids is 1. The largest absolute Gasteiger partial charge is 0.480 e. The Hall–Kier alpha value is -2.66. The predicted molar refractivity (Wildman–Crippen MR) is 94.3 cm³/mol. The molecule has 0 heterocycles. The average molecular weight is 339 g/mol. The first-order valence-electron chi connectivity index (χ1n) is 8.22. The molecule has 1 aliphatic carbocycles. The van der Waals surface area contributed by atoms with Crippen molar-refractivity contribution in [2.45, 2.75) is 12.8 Å². The fourth-order valence-corrected chi connectivity index (χ4v) is 3.35. The van der Waals surface area contributed by atoms with Gasteiger partial charge in [0.1, 0.15) is 6.61 Å². The number of hydrogen-bond donors (Lipinski definition) is 2. The van der Waals surface area contributed by atoms with E-state index < -0.39 is 17.4 Å². The van der Waals surface area contributed by atoms with Crippen LogP contribution >= 0.6 is 0 Å². The lowest BCUT2D eigenvalue weighted by Gasteiger charge is -2.23. The molecule has 25 heavy (non-hydrogen) atoms. The molecule has 5 nitrogen and oxygen atoms in total. The smallest absolute Gasteiger partial charge is 0.324 e. The van der Waals surface area contributed by atoms with Gasteiger partial charge in [0.05, 0.1) is 0 Å². The summed E-state index contributed by atoms with van der Waals surface area (Å²) in [6.07, 6.45) is 0. The molecule has 0 radical (unpaired) electrons. The normalized spacial score (nSPS) is 15.1. The Kier molecular flexibility index (Phi) is 4.59. The molecule has 2 aromatic rings. The molecule has 0 fully saturated rings. The van der Waals surface area contributed by atoms with E-state index in [0.717, 1.165) is 22.3 Å². The van der Waals surface area contributed by atoms with Gasteiger partial charge in [-0.2, -0.15) is 0 Å². The summed E-state index contributed by atoms with van der Waals surface area (Å²) in [5, 5.41) is 12.1. The number of esters is 1. The van der Waals surface area contributed by atoms with E-state index in [1.165, 1.54) is 6.92 Å². The first-order valence-corrected chi connectivity index (χ1v) is 8.22. The van der Waals surface area contributed by atoms with Crippen molar-refractivity contribution in [3.8, 4) is 11.1 Å². The molecule has 5 heteroatoms. The highest BCUT2D eigenvalue weighted by atomic mass is 16.5. The molecule has 1 aliphatic rings. The van der Waals surface area contributed by atoms with Gasteiger partial charge in [0.2, 0.25) is 0 Å². The van der Waals surface area contributed by atoms with Crippen LogP contribution in [-0.4, -0.2) is 37.2 Å². The van der Waals surface area contributed by atoms with Gasteiger partial charge in [-0.1, -0.05) is 48.5 Å². The Morgan fingerprint density at radius 2 is 1.60 bits per heavy atom. The monoisotopic (exact) mass is 339 g/mol. The fraction of sp³-hybridized carbons (Fsp3) is 0.300. The van der Waals surface area contributed by atoms with Crippen molar-refractivity contribution in [1.82, 2.24) is 5.32 Å². The van der Waals surface area contributed by atoms with Gasteiger partial charge in [0.15, 0.2) is 5.41 Å². The Balaban J connectivity index is 1.84. The zero-order chi connectivity index (χ0) is 18.0. The molecule has 3 rings (SSSR count). The van der Waals surface area contributed by atoms with Crippen LogP contribution in [0.5, 0.6) is 0 Å². The summed E-state index contributed by atoms with van der Waals surface area (Å²) in [4.78, 5) is 23.9. The lowest BCUT2D eigenvalue weighted by molar-refractivity contribution is -0.167. The number of aliphatic carboxylic acids is 1. The summed E-state index contributed by atoms with van der Waals surface area (Å²) in [6, 6.07) is 16.0. The number of benzene rings is 2. The third kappa shape index (κ3) is 2.91. The molecular weight excluding hydrogens is 318 g/mol. The molecule has 0 amide bonds. The van der Waals surface area contributed by atoms with E-state index in [4.69, 9.17) is 4.74 Å². The summed E-state index contributed by atoms with van der Waals surface area (Å²) in [5.74, 6) is -2.00. The number of ether oxygens (including phenoxy) is 1. The van der Waals surface area contributed by atoms with E-state index in [9.17, 15) is 14.7 Å². The SMILES string of the molecule is CNC[C@@](C)(C(=O)O)C(=O)OCC1c2ccccc2-c2ccccc21. The minimum absolute atomic E-state index is 0.0129. The Bertz CT molecular complexity index is 771. The standard InChI is InChI=1S/C20H21NO4/c1-20(12-21-2,18(22)23)19(24)25-11-17-15-9-5-3-7-13(15)14-8-4-6-10-16(14)17/h3-10,17,21H,11-12H2,1-2H3,(H,22,23)/t20-/m0/s1. The van der Waals surface area contributed by atoms with E-state index in [0.29, 0.717) is 0 Å². The van der Waals surface area contributed by atoms with Crippen molar-refractivity contribution >= 4 is 11.9 Å². The Morgan fingerprint density at radius 3 is 2.08 bits per heavy atom. The van der Waals surface area contributed by atoms with E-state index in [-0.39, 0.29) is 19.1 Å². The zero-order valence-corrected chi connectivity index (χ0v) is 14.3. The van der Waals surface area contributed by atoms with Gasteiger partial charge in [-0.3, -0.25) is 9.59 Å². The molecule has 0 saturated carbocycles. The lowest BCUT2D eigenvalue weighted by atomic mass is 9.90. The molecule has 130 valence electrons. The van der Waals surface area contributed by atoms with Crippen molar-refractivity contribution in [1.29, 1.82) is 0 Å². The predicted octanol–water partition coefficient (Wildman–Crippen LogP) is 2.65. The summed E-state index contributed by atoms with van der Waals surface area (Å²) in [7, 11) is 1.61. The third-order valence-electron chi connectivity index (χ3n) is 4.80. The first-order chi connectivity index (χ1) is 12.0. The quantitative estimate of drug-likeness (QED) is 0.625. The van der Waals surface area contributed by atoms with Crippen molar-refractivity contribution in [2.24, 2.45) is 5.41 Å². The van der Waals surface area contributed by atoms with Crippen LogP contribution in [0.15, 0.2) is 48.5 Å². The van der Waals surface area contributed by atoms with Crippen molar-refractivity contribution in [3.05, 3.63) is 59.7 Å². The van der Waals surface area contributed by atoms with Gasteiger partial charge in [-0.15, -0.1) is 0 Å². The highest BCUT2D eigenvalue weighted by Gasteiger charge is 2.43. The molecule has 0 unspecified atom stereocenters. The summed E-state index contributed by atoms with van der Waals surface area (Å²) < 4.78 is 5.46. The number of fused-ring (bicyclic) bond motifs is 3. The van der Waals surface area contributed by atoms with Crippen LogP contribution in [0, 0.1) is 5.41 Å². The van der Waals surface area contributed by atoms with Crippen LogP contribution in [0.2, 0.25) is 0 Å². The van der Waals surface area contributed by atoms with E-state index >= 15 is 0 Å². The number of hydrogen-bond acceptors (Lipinski definition) is 4. The maximum Gasteiger partial charge on any atom is 0.324 e. The molecule has 0 aliphatic heterocycles. The topological polar surface area (TPSA) is 75.6 Å². The molecule has 1 atom stereocenters. The summed E-state index contributed by atoms with van der Waals surface area (Å²) >= 11 is 0. The van der Waals surface area contributed by atoms with Crippen LogP contribution in [0.25, 0.3) is 11.1 Å². The van der Waals surface area contributed by atoms with Gasteiger partial charge in [0.25, 0.3) is 0 Å². The van der Waals surface area contributed by atoms with Crippen LogP contribution in [-0.2, 0) is 14.3 Å². The number of nitrogens with one attached hydrogen (secondary N) is 1. The van der Waals surface area contributed by atoms with E-state index in [2.05, 4.69) is 17.4 Å². The van der Waals surface area contributed by atoms with Gasteiger partial charge in [0, 0.05) is 12.5 Å². The molecular formula is C20H21NO4. The van der Waals surface area contributed by atoms with Gasteiger partial charge in [-0.05, 0) is 36.2 Å². The minimum atomic E-state index is -1.60. The highest BCUT2D eigenvalue weighted by Crippen LogP contribution is 2.44. The molecule has 0 spiro atoms. The number of carboxylic acid groups (broad SMARTS) is 1. The maximum absolute atomic E-state index is 12.4. The van der Waals surface area contributed by atoms with Crippen LogP contribution in [0.4, 0.5) is 0 Å². The number of carbonyl (C=O) groups is 2. The average Bonchev–Trinajstić information content (AvgIpc) is 2.93. The second kappa shape index (κ2) is 6.69. The fourth-order valence-electron chi connectivity index (χ4n) is 3.35. The summed E-state index contributed by atoms with van der Waals surface area (Å²) in [5.41, 5.74) is 2.86. The highest BCUT2D eigenvalue weighted by molar-refractivity contribution is 5.99. The van der Waals surface area contributed by atoms with Crippen molar-refractivity contribution in [2.75, 3.05) is 20.2 Å². The third-order valence-corrected chi connectivity index (χ3v) is 4.80. The van der Waals surface area contributed by atoms with Crippen LogP contribution < -0.4 is 5.32 Å². The van der Waals surface area contributed by atoms with Gasteiger partial charge < -0.3 is 15.2 Å². The number of carboxylic acids is 1. The maximum atomic E-state index is 12.4. The molecule has 2 N–H and O–H groups in total. The molecule has 0 bridgehead atoms. The zero-order valence-electron chi connectivity index (χ0n) is 14.3. The molecule has 2 aromatic carbocycles. The summed E-state index contributed by atoms with van der Waals surface area (Å²) in [6.45, 7) is 1.52. The first kappa shape index (κ1) is 17.2. The molecule has 0 aromatic heterocycles. The van der Waals surface area contributed by atoms with Gasteiger partial charge in [-0.25, -0.2) is 0 Å². The van der Waals surface area contributed by atoms with Gasteiger partial charge >= 0.3 is 11.9 Å². The van der Waals surface area contributed by atoms with E-state index in [1.807, 2.05) is 36.4 Å². The van der Waals surface area contributed by atoms with Crippen molar-refractivity contribution < 1.29 is 19.4 Å². The second-order valence-corrected chi connectivity index (χ2v) is 6.49. The molecule has 0 saturated heterocycles. The van der Waals surface area contributed by atoms with E-state index in [1.54, 1.807) is 7.05 Å². The van der Waals surface area contributed by atoms with Crippen molar-refractivity contribution in [3.63, 3.8) is 0 Å². The Morgan fingerprint density at radius 1 is 1.08 bits per heavy atom. The minimum Gasteiger partial charge on any atom is -0.480 e. The lowest BCUT2D eigenvalue weighted by Crippen LogP contribution is -2.45. The number of rotatable bonds is 6.